The second-order valence-corrected chi connectivity index (χ2v) is 5.81. The van der Waals surface area contributed by atoms with E-state index in [4.69, 9.17) is 4.74 Å². The van der Waals surface area contributed by atoms with Gasteiger partial charge in [-0.2, -0.15) is 5.10 Å². The molecule has 2 N–H and O–H groups in total. The fraction of sp³-hybridized carbons (Fsp3) is 0.389. The molecule has 7 heteroatoms. The van der Waals surface area contributed by atoms with E-state index in [1.807, 2.05) is 38.4 Å². The van der Waals surface area contributed by atoms with Crippen molar-refractivity contribution < 1.29 is 14.3 Å². The smallest absolute Gasteiger partial charge is 0.313 e. The number of rotatable bonds is 5. The van der Waals surface area contributed by atoms with Crippen molar-refractivity contribution in [3.8, 4) is 5.75 Å². The van der Waals surface area contributed by atoms with Crippen molar-refractivity contribution >= 4 is 17.5 Å². The monoisotopic (exact) mass is 344 g/mol. The van der Waals surface area contributed by atoms with Crippen LogP contribution in [0.5, 0.6) is 5.75 Å². The molecule has 0 saturated carbocycles. The molecule has 0 aliphatic carbocycles. The number of carbonyl (C=O) groups excluding carboxylic acids is 2. The van der Waals surface area contributed by atoms with Gasteiger partial charge in [0, 0.05) is 24.3 Å². The molecule has 0 aliphatic rings. The zero-order valence-electron chi connectivity index (χ0n) is 15.3. The van der Waals surface area contributed by atoms with Gasteiger partial charge in [-0.1, -0.05) is 6.07 Å². The summed E-state index contributed by atoms with van der Waals surface area (Å²) in [6.07, 6.45) is 0. The number of amides is 2. The van der Waals surface area contributed by atoms with Crippen LogP contribution in [-0.4, -0.2) is 28.7 Å². The Morgan fingerprint density at radius 2 is 1.92 bits per heavy atom. The van der Waals surface area contributed by atoms with Gasteiger partial charge in [-0.3, -0.25) is 14.3 Å². The summed E-state index contributed by atoms with van der Waals surface area (Å²) in [5, 5.41) is 9.63. The molecule has 0 aliphatic heterocycles. The molecule has 0 spiro atoms. The molecule has 0 saturated heterocycles. The second kappa shape index (κ2) is 7.83. The van der Waals surface area contributed by atoms with E-state index in [1.165, 1.54) is 7.11 Å². The molecule has 0 bridgehead atoms. The van der Waals surface area contributed by atoms with Crippen molar-refractivity contribution in [3.05, 3.63) is 40.7 Å². The molecule has 0 atom stereocenters. The summed E-state index contributed by atoms with van der Waals surface area (Å²) in [6, 6.07) is 5.36. The Labute approximate surface area is 147 Å². The van der Waals surface area contributed by atoms with Gasteiger partial charge < -0.3 is 15.4 Å². The lowest BCUT2D eigenvalue weighted by Crippen LogP contribution is -2.35. The lowest BCUT2D eigenvalue weighted by atomic mass is 10.2. The predicted octanol–water partition coefficient (Wildman–Crippen LogP) is 2.09. The molecule has 134 valence electrons. The average Bonchev–Trinajstić information content (AvgIpc) is 2.86. The van der Waals surface area contributed by atoms with Crippen LogP contribution < -0.4 is 15.4 Å². The van der Waals surface area contributed by atoms with Crippen LogP contribution in [0.2, 0.25) is 0 Å². The maximum Gasteiger partial charge on any atom is 0.313 e. The third-order valence-electron chi connectivity index (χ3n) is 4.07. The highest BCUT2D eigenvalue weighted by Gasteiger charge is 2.18. The summed E-state index contributed by atoms with van der Waals surface area (Å²) >= 11 is 0. The number of nitrogens with one attached hydrogen (secondary N) is 2. The number of ether oxygens (including phenoxy) is 1. The van der Waals surface area contributed by atoms with Gasteiger partial charge in [-0.25, -0.2) is 0 Å². The molecule has 0 fully saturated rings. The van der Waals surface area contributed by atoms with E-state index in [1.54, 1.807) is 12.1 Å². The summed E-state index contributed by atoms with van der Waals surface area (Å²) in [5.41, 5.74) is 4.18. The van der Waals surface area contributed by atoms with Crippen molar-refractivity contribution in [2.24, 2.45) is 0 Å². The Morgan fingerprint density at radius 3 is 2.52 bits per heavy atom. The molecular weight excluding hydrogens is 320 g/mol. The highest BCUT2D eigenvalue weighted by atomic mass is 16.5. The Balaban J connectivity index is 2.03. The number of nitrogens with zero attached hydrogens (tertiary/aromatic N) is 2. The highest BCUT2D eigenvalue weighted by Crippen LogP contribution is 2.25. The summed E-state index contributed by atoms with van der Waals surface area (Å²) < 4.78 is 7.07. The molecular formula is C18H24N4O3. The number of carbonyl (C=O) groups is 2. The Hall–Kier alpha value is -2.83. The first-order valence-corrected chi connectivity index (χ1v) is 8.14. The number of hydrogen-bond donors (Lipinski definition) is 2. The third-order valence-corrected chi connectivity index (χ3v) is 4.07. The zero-order valence-corrected chi connectivity index (χ0v) is 15.3. The van der Waals surface area contributed by atoms with E-state index in [2.05, 4.69) is 15.7 Å². The minimum atomic E-state index is -0.734. The number of benzene rings is 1. The van der Waals surface area contributed by atoms with Gasteiger partial charge in [0.05, 0.1) is 18.5 Å². The van der Waals surface area contributed by atoms with Crippen LogP contribution in [0, 0.1) is 20.8 Å². The molecule has 7 nitrogen and oxygen atoms in total. The first-order valence-electron chi connectivity index (χ1n) is 8.14. The highest BCUT2D eigenvalue weighted by molar-refractivity contribution is 6.39. The number of aryl methyl sites for hydroxylation is 3. The molecule has 2 amide bonds. The van der Waals surface area contributed by atoms with Crippen molar-refractivity contribution in [3.63, 3.8) is 0 Å². The van der Waals surface area contributed by atoms with Crippen LogP contribution in [-0.2, 0) is 22.7 Å². The van der Waals surface area contributed by atoms with Gasteiger partial charge in [-0.15, -0.1) is 0 Å². The third kappa shape index (κ3) is 4.17. The van der Waals surface area contributed by atoms with Crippen LogP contribution in [0.25, 0.3) is 0 Å². The van der Waals surface area contributed by atoms with E-state index in [9.17, 15) is 9.59 Å². The summed E-state index contributed by atoms with van der Waals surface area (Å²) in [4.78, 5) is 24.3. The summed E-state index contributed by atoms with van der Waals surface area (Å²) in [5.74, 6) is -0.934. The van der Waals surface area contributed by atoms with Gasteiger partial charge in [-0.05, 0) is 45.4 Å². The molecule has 1 aromatic carbocycles. The number of anilines is 1. The fourth-order valence-corrected chi connectivity index (χ4v) is 2.65. The van der Waals surface area contributed by atoms with Crippen molar-refractivity contribution in [1.29, 1.82) is 0 Å². The van der Waals surface area contributed by atoms with Crippen molar-refractivity contribution in [1.82, 2.24) is 15.1 Å². The van der Waals surface area contributed by atoms with Crippen LogP contribution in [0.4, 0.5) is 5.69 Å². The van der Waals surface area contributed by atoms with Gasteiger partial charge in [0.2, 0.25) is 0 Å². The minimum Gasteiger partial charge on any atom is -0.495 e. The Morgan fingerprint density at radius 1 is 1.20 bits per heavy atom. The van der Waals surface area contributed by atoms with Crippen molar-refractivity contribution in [2.45, 2.75) is 40.8 Å². The predicted molar refractivity (Wildman–Crippen MR) is 95.6 cm³/mol. The SMILES string of the molecule is CCn1nc(C)c(CNC(=O)C(=O)Nc2cc(C)ccc2OC)c1C. The standard InChI is InChI=1S/C18H24N4O3/c1-6-22-13(4)14(12(3)21-22)10-19-17(23)18(24)20-15-9-11(2)7-8-16(15)25-5/h7-9H,6,10H2,1-5H3,(H,19,23)(H,20,24). The Kier molecular flexibility index (Phi) is 5.80. The second-order valence-electron chi connectivity index (χ2n) is 5.81. The largest absolute Gasteiger partial charge is 0.495 e. The van der Waals surface area contributed by atoms with E-state index in [0.717, 1.165) is 29.1 Å². The first-order chi connectivity index (χ1) is 11.9. The quantitative estimate of drug-likeness (QED) is 0.814. The zero-order chi connectivity index (χ0) is 18.6. The van der Waals surface area contributed by atoms with E-state index >= 15 is 0 Å². The number of methoxy groups -OCH3 is 1. The maximum atomic E-state index is 12.1. The summed E-state index contributed by atoms with van der Waals surface area (Å²) in [6.45, 7) is 8.75. The first kappa shape index (κ1) is 18.5. The van der Waals surface area contributed by atoms with Gasteiger partial charge in [0.25, 0.3) is 0 Å². The van der Waals surface area contributed by atoms with Crippen LogP contribution >= 0.6 is 0 Å². The van der Waals surface area contributed by atoms with Crippen LogP contribution in [0.1, 0.15) is 29.4 Å². The molecule has 1 heterocycles. The van der Waals surface area contributed by atoms with Crippen LogP contribution in [0.15, 0.2) is 18.2 Å². The maximum absolute atomic E-state index is 12.1. The normalized spacial score (nSPS) is 10.4. The Bertz CT molecular complexity index is 796. The lowest BCUT2D eigenvalue weighted by molar-refractivity contribution is -0.136. The lowest BCUT2D eigenvalue weighted by Gasteiger charge is -2.11. The van der Waals surface area contributed by atoms with Gasteiger partial charge >= 0.3 is 11.8 Å². The molecule has 2 aromatic rings. The molecule has 0 unspecified atom stereocenters. The van der Waals surface area contributed by atoms with E-state index < -0.39 is 11.8 Å². The molecule has 1 aromatic heterocycles. The molecule has 25 heavy (non-hydrogen) atoms. The van der Waals surface area contributed by atoms with Gasteiger partial charge in [0.15, 0.2) is 0 Å². The average molecular weight is 344 g/mol. The molecule has 2 rings (SSSR count). The van der Waals surface area contributed by atoms with E-state index in [-0.39, 0.29) is 6.54 Å². The van der Waals surface area contributed by atoms with Gasteiger partial charge in [0.1, 0.15) is 5.75 Å². The topological polar surface area (TPSA) is 85.2 Å². The van der Waals surface area contributed by atoms with Crippen molar-refractivity contribution in [2.75, 3.05) is 12.4 Å². The van der Waals surface area contributed by atoms with E-state index in [0.29, 0.717) is 11.4 Å². The molecule has 0 radical (unpaired) electrons. The fourth-order valence-electron chi connectivity index (χ4n) is 2.65. The number of aromatic nitrogens is 2. The van der Waals surface area contributed by atoms with Crippen LogP contribution in [0.3, 0.4) is 0 Å². The minimum absolute atomic E-state index is 0.259. The number of hydrogen-bond acceptors (Lipinski definition) is 4. The summed E-state index contributed by atoms with van der Waals surface area (Å²) in [7, 11) is 1.51.